The molecule has 1 unspecified atom stereocenters. The minimum atomic E-state index is -4.04. The molecule has 9 heteroatoms. The Kier molecular flexibility index (Phi) is 9.91. The molecule has 3 aromatic carbocycles. The van der Waals surface area contributed by atoms with E-state index in [1.54, 1.807) is 82.3 Å². The summed E-state index contributed by atoms with van der Waals surface area (Å²) in [4.78, 5) is 0.220. The van der Waals surface area contributed by atoms with E-state index in [9.17, 15) is 16.8 Å². The van der Waals surface area contributed by atoms with Crippen molar-refractivity contribution in [2.24, 2.45) is 0 Å². The molecule has 0 radical (unpaired) electrons. The summed E-state index contributed by atoms with van der Waals surface area (Å²) >= 11 is 0. The minimum Gasteiger partial charge on any atom is -0.546 e. The monoisotopic (exact) mass is 558 g/mol. The van der Waals surface area contributed by atoms with Gasteiger partial charge in [0.1, 0.15) is 20.0 Å². The van der Waals surface area contributed by atoms with Crippen LogP contribution >= 0.6 is 0 Å². The summed E-state index contributed by atoms with van der Waals surface area (Å²) < 4.78 is 60.1. The van der Waals surface area contributed by atoms with Gasteiger partial charge in [0, 0.05) is 0 Å². The Morgan fingerprint density at radius 3 is 1.70 bits per heavy atom. The third-order valence-electron chi connectivity index (χ3n) is 5.11. The van der Waals surface area contributed by atoms with Crippen molar-refractivity contribution in [3.8, 4) is 0 Å². The number of benzene rings is 3. The maximum Gasteiger partial charge on any atom is 2.00 e. The minimum absolute atomic E-state index is 0. The van der Waals surface area contributed by atoms with Crippen LogP contribution in [0.5, 0.6) is 0 Å². The van der Waals surface area contributed by atoms with Crippen LogP contribution in [0.25, 0.3) is 9.44 Å². The average molecular weight is 558 g/mol. The fraction of sp³-hybridized carbons (Fsp3) is 0.250. The number of nitrogens with zero attached hydrogens (tertiary/aromatic N) is 2. The molecule has 0 aromatic heterocycles. The first-order valence-corrected chi connectivity index (χ1v) is 13.0. The summed E-state index contributed by atoms with van der Waals surface area (Å²) in [6.07, 6.45) is 0. The molecule has 3 aromatic rings. The zero-order valence-electron chi connectivity index (χ0n) is 19.2. The first-order valence-electron chi connectivity index (χ1n) is 10.1. The van der Waals surface area contributed by atoms with Crippen molar-refractivity contribution in [2.45, 2.75) is 43.5 Å². The van der Waals surface area contributed by atoms with Crippen molar-refractivity contribution in [2.75, 3.05) is 6.54 Å². The number of rotatable bonds is 8. The molecular formula is C24H26N2O4S2Sr. The SMILES string of the molecule is Cc1ccc(C)c(S(=O)(=O)[N-]CC([N-]S(=O)(=O)c2cc(C)ccc2C)c2ccccc2)c1.[Sr+2]. The van der Waals surface area contributed by atoms with E-state index in [1.165, 1.54) is 0 Å². The van der Waals surface area contributed by atoms with E-state index < -0.39 is 26.1 Å². The predicted molar refractivity (Wildman–Crippen MR) is 133 cm³/mol. The fourth-order valence-corrected chi connectivity index (χ4v) is 6.04. The molecule has 0 bridgehead atoms. The Bertz CT molecular complexity index is 1330. The van der Waals surface area contributed by atoms with Gasteiger partial charge in [0.05, 0.1) is 9.79 Å². The zero-order chi connectivity index (χ0) is 23.5. The molecule has 0 saturated heterocycles. The number of hydrogen-bond donors (Lipinski definition) is 0. The van der Waals surface area contributed by atoms with E-state index in [2.05, 4.69) is 9.44 Å². The number of sulfonamides is 2. The van der Waals surface area contributed by atoms with Crippen molar-refractivity contribution >= 4 is 65.5 Å². The Hall–Kier alpha value is -1.04. The van der Waals surface area contributed by atoms with Crippen LogP contribution in [-0.4, -0.2) is 68.9 Å². The van der Waals surface area contributed by atoms with Crippen molar-refractivity contribution in [1.29, 1.82) is 0 Å². The van der Waals surface area contributed by atoms with E-state index in [0.29, 0.717) is 16.7 Å². The second-order valence-electron chi connectivity index (χ2n) is 7.83. The molecule has 0 aliphatic heterocycles. The van der Waals surface area contributed by atoms with E-state index in [4.69, 9.17) is 0 Å². The second kappa shape index (κ2) is 11.6. The number of aryl methyl sites for hydroxylation is 4. The second-order valence-corrected chi connectivity index (χ2v) is 11.1. The molecule has 0 N–H and O–H groups in total. The molecule has 0 aliphatic carbocycles. The molecule has 1 atom stereocenters. The van der Waals surface area contributed by atoms with Gasteiger partial charge >= 0.3 is 45.5 Å². The van der Waals surface area contributed by atoms with Crippen molar-refractivity contribution < 1.29 is 16.8 Å². The van der Waals surface area contributed by atoms with E-state index >= 15 is 0 Å². The molecule has 170 valence electrons. The summed E-state index contributed by atoms with van der Waals surface area (Å²) in [5.41, 5.74) is 3.32. The fourth-order valence-electron chi connectivity index (χ4n) is 3.31. The topological polar surface area (TPSA) is 96.5 Å². The van der Waals surface area contributed by atoms with Gasteiger partial charge in [0.15, 0.2) is 0 Å². The van der Waals surface area contributed by atoms with E-state index in [1.807, 2.05) is 12.1 Å². The van der Waals surface area contributed by atoms with Crippen LogP contribution in [0, 0.1) is 27.7 Å². The first-order chi connectivity index (χ1) is 15.0. The molecular weight excluding hydrogens is 532 g/mol. The van der Waals surface area contributed by atoms with Gasteiger partial charge in [-0.25, -0.2) is 16.8 Å². The van der Waals surface area contributed by atoms with Crippen LogP contribution in [0.4, 0.5) is 0 Å². The average Bonchev–Trinajstić information content (AvgIpc) is 2.75. The van der Waals surface area contributed by atoms with Crippen LogP contribution in [0.3, 0.4) is 0 Å². The Balaban J connectivity index is 0.00000385. The molecule has 33 heavy (non-hydrogen) atoms. The van der Waals surface area contributed by atoms with Gasteiger partial charge in [-0.3, -0.25) is 0 Å². The maximum absolute atomic E-state index is 13.1. The van der Waals surface area contributed by atoms with Crippen LogP contribution in [0.1, 0.15) is 33.9 Å². The van der Waals surface area contributed by atoms with Crippen LogP contribution in [0.15, 0.2) is 76.5 Å². The van der Waals surface area contributed by atoms with Gasteiger partial charge in [-0.15, -0.1) is 12.6 Å². The maximum atomic E-state index is 13.1. The Morgan fingerprint density at radius 2 is 1.18 bits per heavy atom. The van der Waals surface area contributed by atoms with Gasteiger partial charge in [-0.05, 0) is 62.1 Å². The van der Waals surface area contributed by atoms with Crippen LogP contribution < -0.4 is 0 Å². The third-order valence-corrected chi connectivity index (χ3v) is 8.12. The molecule has 3 rings (SSSR count). The standard InChI is InChI=1S/C24H26N2O4S2.Sr/c1-17-10-12-19(3)23(14-17)31(27,28)25-16-22(21-8-6-5-7-9-21)26-32(29,30)24-15-18(2)11-13-20(24)4;/h5-15,22H,16H2,1-4H3;/q-2;+2. The van der Waals surface area contributed by atoms with Crippen molar-refractivity contribution in [3.05, 3.63) is 104 Å². The molecule has 0 fully saturated rings. The van der Waals surface area contributed by atoms with Gasteiger partial charge in [0.25, 0.3) is 0 Å². The molecule has 6 nitrogen and oxygen atoms in total. The molecule has 0 amide bonds. The summed E-state index contributed by atoms with van der Waals surface area (Å²) in [5.74, 6) is 0. The summed E-state index contributed by atoms with van der Waals surface area (Å²) in [6.45, 7) is 6.70. The molecule has 0 saturated carbocycles. The Labute approximate surface area is 234 Å². The van der Waals surface area contributed by atoms with Crippen molar-refractivity contribution in [3.63, 3.8) is 0 Å². The number of hydrogen-bond acceptors (Lipinski definition) is 4. The largest absolute Gasteiger partial charge is 2.00 e. The summed E-state index contributed by atoms with van der Waals surface area (Å²) in [7, 11) is -8.02. The Morgan fingerprint density at radius 1 is 0.697 bits per heavy atom. The van der Waals surface area contributed by atoms with Crippen molar-refractivity contribution in [1.82, 2.24) is 0 Å². The normalized spacial score (nSPS) is 12.7. The van der Waals surface area contributed by atoms with Gasteiger partial charge in [0.2, 0.25) is 0 Å². The molecule has 0 aliphatic rings. The van der Waals surface area contributed by atoms with Crippen LogP contribution in [-0.2, 0) is 20.0 Å². The molecule has 0 heterocycles. The van der Waals surface area contributed by atoms with Gasteiger partial charge in [-0.2, -0.15) is 0 Å². The zero-order valence-corrected chi connectivity index (χ0v) is 24.3. The quantitative estimate of drug-likeness (QED) is 0.360. The van der Waals surface area contributed by atoms with E-state index in [0.717, 1.165) is 11.1 Å². The third kappa shape index (κ3) is 7.22. The summed E-state index contributed by atoms with van der Waals surface area (Å²) in [6, 6.07) is 18.0. The molecule has 0 spiro atoms. The van der Waals surface area contributed by atoms with Gasteiger partial charge in [-0.1, -0.05) is 60.2 Å². The predicted octanol–water partition coefficient (Wildman–Crippen LogP) is 5.11. The smallest absolute Gasteiger partial charge is 0.546 e. The van der Waals surface area contributed by atoms with Gasteiger partial charge < -0.3 is 9.44 Å². The summed E-state index contributed by atoms with van der Waals surface area (Å²) in [5, 5.41) is 0. The van der Waals surface area contributed by atoms with Crippen LogP contribution in [0.2, 0.25) is 0 Å². The first kappa shape index (κ1) is 28.2. The van der Waals surface area contributed by atoms with E-state index in [-0.39, 0.29) is 61.8 Å².